The Balaban J connectivity index is 1.46. The van der Waals surface area contributed by atoms with Crippen LogP contribution in [0, 0.1) is 0 Å². The molecule has 0 heterocycles. The Labute approximate surface area is 201 Å². The number of rotatable bonds is 9. The van der Waals surface area contributed by atoms with Gasteiger partial charge in [0.2, 0.25) is 0 Å². The van der Waals surface area contributed by atoms with E-state index in [2.05, 4.69) is 40.3 Å². The monoisotopic (exact) mass is 514 g/mol. The summed E-state index contributed by atoms with van der Waals surface area (Å²) >= 11 is 9.60. The average Bonchev–Trinajstić information content (AvgIpc) is 2.78. The van der Waals surface area contributed by atoms with E-state index < -0.39 is 0 Å². The van der Waals surface area contributed by atoms with Crippen LogP contribution in [0.15, 0.2) is 76.3 Å². The summed E-state index contributed by atoms with van der Waals surface area (Å²) in [4.78, 5) is 12.1. The van der Waals surface area contributed by atoms with Gasteiger partial charge in [-0.15, -0.1) is 0 Å². The zero-order valence-electron chi connectivity index (χ0n) is 17.8. The summed E-state index contributed by atoms with van der Waals surface area (Å²) in [7, 11) is 0. The van der Waals surface area contributed by atoms with Gasteiger partial charge in [0.25, 0.3) is 5.91 Å². The van der Waals surface area contributed by atoms with Crippen molar-refractivity contribution in [2.75, 3.05) is 6.61 Å². The summed E-state index contributed by atoms with van der Waals surface area (Å²) in [5.41, 5.74) is 5.26. The van der Waals surface area contributed by atoms with Crippen LogP contribution in [-0.4, -0.2) is 18.7 Å². The number of benzene rings is 3. The second-order valence-corrected chi connectivity index (χ2v) is 8.69. The fourth-order valence-corrected chi connectivity index (χ4v) is 3.45. The molecule has 0 radical (unpaired) electrons. The van der Waals surface area contributed by atoms with Crippen LogP contribution in [0.5, 0.6) is 11.5 Å². The van der Waals surface area contributed by atoms with E-state index in [1.165, 1.54) is 0 Å². The van der Waals surface area contributed by atoms with E-state index >= 15 is 0 Å². The van der Waals surface area contributed by atoms with E-state index in [-0.39, 0.29) is 18.4 Å². The van der Waals surface area contributed by atoms with Crippen LogP contribution in [0.2, 0.25) is 5.02 Å². The lowest BCUT2D eigenvalue weighted by Crippen LogP contribution is -2.24. The van der Waals surface area contributed by atoms with Crippen molar-refractivity contribution in [3.63, 3.8) is 0 Å². The Morgan fingerprint density at radius 3 is 2.56 bits per heavy atom. The fraction of sp³-hybridized carbons (Fsp3) is 0.200. The summed E-state index contributed by atoms with van der Waals surface area (Å²) < 4.78 is 12.4. The average molecular weight is 516 g/mol. The van der Waals surface area contributed by atoms with Crippen LogP contribution in [0.1, 0.15) is 36.5 Å². The molecule has 1 amide bonds. The van der Waals surface area contributed by atoms with E-state index in [1.807, 2.05) is 66.7 Å². The Morgan fingerprint density at radius 2 is 1.84 bits per heavy atom. The molecule has 3 rings (SSSR count). The lowest BCUT2D eigenvalue weighted by molar-refractivity contribution is -0.123. The minimum Gasteiger partial charge on any atom is -0.489 e. The number of nitrogens with one attached hydrogen (secondary N) is 1. The molecule has 0 saturated carbocycles. The van der Waals surface area contributed by atoms with Crippen molar-refractivity contribution in [2.24, 2.45) is 5.10 Å². The number of hydrogen-bond acceptors (Lipinski definition) is 4. The predicted octanol–water partition coefficient (Wildman–Crippen LogP) is 6.33. The molecule has 0 aliphatic carbocycles. The van der Waals surface area contributed by atoms with E-state index in [0.717, 1.165) is 26.9 Å². The van der Waals surface area contributed by atoms with Gasteiger partial charge in [0.05, 0.1) is 6.21 Å². The van der Waals surface area contributed by atoms with Crippen LogP contribution < -0.4 is 14.9 Å². The minimum atomic E-state index is -0.335. The van der Waals surface area contributed by atoms with Crippen LogP contribution in [0.4, 0.5) is 0 Å². The van der Waals surface area contributed by atoms with Crippen molar-refractivity contribution >= 4 is 39.7 Å². The number of nitrogens with zero attached hydrogens (tertiary/aromatic N) is 1. The molecule has 0 fully saturated rings. The first-order chi connectivity index (χ1) is 15.4. The second kappa shape index (κ2) is 11.7. The van der Waals surface area contributed by atoms with Crippen molar-refractivity contribution in [2.45, 2.75) is 26.4 Å². The van der Waals surface area contributed by atoms with Gasteiger partial charge in [0, 0.05) is 15.1 Å². The van der Waals surface area contributed by atoms with Crippen LogP contribution in [0.25, 0.3) is 0 Å². The van der Waals surface area contributed by atoms with E-state index in [9.17, 15) is 4.79 Å². The van der Waals surface area contributed by atoms with Crippen molar-refractivity contribution in [1.29, 1.82) is 0 Å². The van der Waals surface area contributed by atoms with Gasteiger partial charge in [0.1, 0.15) is 18.1 Å². The van der Waals surface area contributed by atoms with Gasteiger partial charge in [-0.05, 0) is 65.6 Å². The van der Waals surface area contributed by atoms with Crippen molar-refractivity contribution in [3.05, 3.63) is 92.9 Å². The van der Waals surface area contributed by atoms with Gasteiger partial charge in [-0.1, -0.05) is 59.6 Å². The Bertz CT molecular complexity index is 1080. The van der Waals surface area contributed by atoms with Gasteiger partial charge >= 0.3 is 0 Å². The Hall–Kier alpha value is -2.83. The maximum absolute atomic E-state index is 12.1. The van der Waals surface area contributed by atoms with Crippen LogP contribution >= 0.6 is 27.5 Å². The number of amides is 1. The molecule has 7 heteroatoms. The first-order valence-electron chi connectivity index (χ1n) is 10.1. The summed E-state index contributed by atoms with van der Waals surface area (Å²) in [6, 6.07) is 20.7. The van der Waals surface area contributed by atoms with Crippen LogP contribution in [-0.2, 0) is 11.4 Å². The molecule has 0 atom stereocenters. The molecule has 3 aromatic rings. The molecule has 0 aromatic heterocycles. The van der Waals surface area contributed by atoms with Gasteiger partial charge < -0.3 is 9.47 Å². The maximum Gasteiger partial charge on any atom is 0.277 e. The van der Waals surface area contributed by atoms with Crippen molar-refractivity contribution < 1.29 is 14.3 Å². The molecule has 0 aliphatic heterocycles. The van der Waals surface area contributed by atoms with Gasteiger partial charge in [-0.3, -0.25) is 4.79 Å². The Kier molecular flexibility index (Phi) is 8.71. The molecule has 166 valence electrons. The lowest BCUT2D eigenvalue weighted by Gasteiger charge is -2.13. The molecule has 0 unspecified atom stereocenters. The summed E-state index contributed by atoms with van der Waals surface area (Å²) in [5, 5.41) is 4.67. The highest BCUT2D eigenvalue weighted by atomic mass is 79.9. The highest BCUT2D eigenvalue weighted by Crippen LogP contribution is 2.29. The third-order valence-corrected chi connectivity index (χ3v) is 5.45. The first kappa shape index (κ1) is 23.8. The predicted molar refractivity (Wildman–Crippen MR) is 132 cm³/mol. The molecule has 5 nitrogen and oxygen atoms in total. The van der Waals surface area contributed by atoms with Crippen LogP contribution in [0.3, 0.4) is 0 Å². The normalized spacial score (nSPS) is 11.0. The summed E-state index contributed by atoms with van der Waals surface area (Å²) in [5.74, 6) is 1.35. The molecule has 0 bridgehead atoms. The van der Waals surface area contributed by atoms with Crippen molar-refractivity contribution in [3.8, 4) is 11.5 Å². The molecular weight excluding hydrogens is 492 g/mol. The molecule has 0 spiro atoms. The fourth-order valence-electron chi connectivity index (χ4n) is 2.88. The lowest BCUT2D eigenvalue weighted by atomic mass is 10.0. The molecule has 0 saturated heterocycles. The highest BCUT2D eigenvalue weighted by Gasteiger charge is 2.10. The van der Waals surface area contributed by atoms with E-state index in [1.54, 1.807) is 6.21 Å². The number of halogens is 2. The van der Waals surface area contributed by atoms with Gasteiger partial charge in [0.15, 0.2) is 6.61 Å². The molecule has 0 aliphatic rings. The summed E-state index contributed by atoms with van der Waals surface area (Å²) in [6.07, 6.45) is 1.56. The number of hydrogen-bond donors (Lipinski definition) is 1. The minimum absolute atomic E-state index is 0.118. The topological polar surface area (TPSA) is 59.9 Å². The quantitative estimate of drug-likeness (QED) is 0.267. The standard InChI is InChI=1S/C25H24BrClN2O3/c1-17(2)22-13-20(26)9-12-24(22)32-16-25(30)29-28-14-18-7-10-21(11-8-18)31-15-19-5-3-4-6-23(19)27/h3-14,17H,15-16H2,1-2H3,(H,29,30)/b28-14+. The molecule has 3 aromatic carbocycles. The number of carbonyl (C=O) groups is 1. The maximum atomic E-state index is 12.1. The van der Waals surface area contributed by atoms with E-state index in [4.69, 9.17) is 21.1 Å². The second-order valence-electron chi connectivity index (χ2n) is 7.37. The molecule has 1 N–H and O–H groups in total. The smallest absolute Gasteiger partial charge is 0.277 e. The molecular formula is C25H24BrClN2O3. The Morgan fingerprint density at radius 1 is 1.09 bits per heavy atom. The SMILES string of the molecule is CC(C)c1cc(Br)ccc1OCC(=O)N/N=C/c1ccc(OCc2ccccc2Cl)cc1. The van der Waals surface area contributed by atoms with Gasteiger partial charge in [-0.25, -0.2) is 5.43 Å². The zero-order valence-corrected chi connectivity index (χ0v) is 20.2. The number of ether oxygens (including phenoxy) is 2. The molecule has 32 heavy (non-hydrogen) atoms. The number of carbonyl (C=O) groups excluding carboxylic acids is 1. The largest absolute Gasteiger partial charge is 0.489 e. The summed E-state index contributed by atoms with van der Waals surface area (Å²) in [6.45, 7) is 4.42. The van der Waals surface area contributed by atoms with Crippen molar-refractivity contribution in [1.82, 2.24) is 5.43 Å². The van der Waals surface area contributed by atoms with E-state index in [0.29, 0.717) is 17.4 Å². The first-order valence-corrected chi connectivity index (χ1v) is 11.3. The highest BCUT2D eigenvalue weighted by molar-refractivity contribution is 9.10. The zero-order chi connectivity index (χ0) is 22.9. The number of hydrazone groups is 1. The third kappa shape index (κ3) is 7.11. The third-order valence-electron chi connectivity index (χ3n) is 4.59. The van der Waals surface area contributed by atoms with Gasteiger partial charge in [-0.2, -0.15) is 5.10 Å².